The number of tetrazole rings is 1. The van der Waals surface area contributed by atoms with Gasteiger partial charge in [0.15, 0.2) is 0 Å². The summed E-state index contributed by atoms with van der Waals surface area (Å²) in [5.74, 6) is 0.102. The summed E-state index contributed by atoms with van der Waals surface area (Å²) in [7, 11) is 0. The fourth-order valence-corrected chi connectivity index (χ4v) is 3.74. The van der Waals surface area contributed by atoms with E-state index in [9.17, 15) is 4.79 Å². The number of hydrogen-bond acceptors (Lipinski definition) is 5. The zero-order chi connectivity index (χ0) is 17.8. The molecule has 7 heteroatoms. The van der Waals surface area contributed by atoms with Crippen LogP contribution in [0.25, 0.3) is 5.69 Å². The summed E-state index contributed by atoms with van der Waals surface area (Å²) in [5, 5.41) is 14.3. The molecule has 1 saturated heterocycles. The predicted octanol–water partition coefficient (Wildman–Crippen LogP) is 1.59. The van der Waals surface area contributed by atoms with Crippen molar-refractivity contribution in [2.45, 2.75) is 38.5 Å². The first kappa shape index (κ1) is 17.1. The summed E-state index contributed by atoms with van der Waals surface area (Å²) in [6, 6.07) is 7.77. The molecule has 2 fully saturated rings. The summed E-state index contributed by atoms with van der Waals surface area (Å²) >= 11 is 0. The molecule has 1 amide bonds. The van der Waals surface area contributed by atoms with E-state index >= 15 is 0 Å². The van der Waals surface area contributed by atoms with Crippen molar-refractivity contribution < 1.29 is 4.79 Å². The fraction of sp³-hybridized carbons (Fsp3) is 0.579. The van der Waals surface area contributed by atoms with Gasteiger partial charge in [-0.2, -0.15) is 0 Å². The largest absolute Gasteiger partial charge is 0.355 e. The monoisotopic (exact) mass is 354 g/mol. The minimum atomic E-state index is 0.102. The highest BCUT2D eigenvalue weighted by Crippen LogP contribution is 2.46. The van der Waals surface area contributed by atoms with E-state index in [-0.39, 0.29) is 5.91 Å². The second-order valence-electron chi connectivity index (χ2n) is 7.71. The van der Waals surface area contributed by atoms with E-state index in [1.165, 1.54) is 45.2 Å². The molecule has 2 heterocycles. The molecule has 0 radical (unpaired) electrons. The first-order chi connectivity index (χ1) is 12.7. The Morgan fingerprint density at radius 1 is 1.12 bits per heavy atom. The molecule has 1 aromatic carbocycles. The molecule has 26 heavy (non-hydrogen) atoms. The number of piperidine rings is 1. The second-order valence-corrected chi connectivity index (χ2v) is 7.71. The standard InChI is InChI=1S/C19H26N6O/c26-18(12-16-4-6-17(7-5-16)25-15-21-22-23-25)20-13-19(8-9-19)14-24-10-2-1-3-11-24/h4-7,15H,1-3,8-14H2,(H,20,26). The van der Waals surface area contributed by atoms with Gasteiger partial charge in [-0.15, -0.1) is 5.10 Å². The predicted molar refractivity (Wildman–Crippen MR) is 97.8 cm³/mol. The Balaban J connectivity index is 1.25. The Morgan fingerprint density at radius 3 is 2.54 bits per heavy atom. The average Bonchev–Trinajstić information content (AvgIpc) is 3.20. The first-order valence-corrected chi connectivity index (χ1v) is 9.54. The molecule has 0 spiro atoms. The summed E-state index contributed by atoms with van der Waals surface area (Å²) in [6.07, 6.45) is 8.46. The molecular formula is C19H26N6O. The Hall–Kier alpha value is -2.28. The van der Waals surface area contributed by atoms with E-state index in [1.54, 1.807) is 11.0 Å². The maximum atomic E-state index is 12.3. The highest BCUT2D eigenvalue weighted by molar-refractivity contribution is 5.78. The van der Waals surface area contributed by atoms with Gasteiger partial charge in [-0.1, -0.05) is 18.6 Å². The van der Waals surface area contributed by atoms with Crippen LogP contribution in [0.1, 0.15) is 37.7 Å². The number of carbonyl (C=O) groups is 1. The molecule has 2 aromatic rings. The number of aromatic nitrogens is 4. The average molecular weight is 354 g/mol. The molecule has 1 N–H and O–H groups in total. The van der Waals surface area contributed by atoms with E-state index < -0.39 is 0 Å². The van der Waals surface area contributed by atoms with E-state index in [1.807, 2.05) is 24.3 Å². The van der Waals surface area contributed by atoms with Crippen LogP contribution in [0.5, 0.6) is 0 Å². The van der Waals surface area contributed by atoms with Crippen LogP contribution in [0.4, 0.5) is 0 Å². The van der Waals surface area contributed by atoms with Crippen molar-refractivity contribution in [2.75, 3.05) is 26.2 Å². The van der Waals surface area contributed by atoms with Gasteiger partial charge < -0.3 is 10.2 Å². The van der Waals surface area contributed by atoms with Gasteiger partial charge in [-0.25, -0.2) is 4.68 Å². The van der Waals surface area contributed by atoms with Crippen molar-refractivity contribution in [3.63, 3.8) is 0 Å². The van der Waals surface area contributed by atoms with Crippen molar-refractivity contribution in [2.24, 2.45) is 5.41 Å². The highest BCUT2D eigenvalue weighted by Gasteiger charge is 2.43. The van der Waals surface area contributed by atoms with E-state index in [0.717, 1.165) is 24.3 Å². The fourth-order valence-electron chi connectivity index (χ4n) is 3.74. The molecule has 4 rings (SSSR count). The van der Waals surface area contributed by atoms with Gasteiger partial charge in [0, 0.05) is 18.5 Å². The van der Waals surface area contributed by atoms with Crippen molar-refractivity contribution in [1.29, 1.82) is 0 Å². The molecule has 1 aliphatic carbocycles. The van der Waals surface area contributed by atoms with Gasteiger partial charge in [-0.3, -0.25) is 4.79 Å². The van der Waals surface area contributed by atoms with Crippen LogP contribution in [0.2, 0.25) is 0 Å². The number of hydrogen-bond donors (Lipinski definition) is 1. The molecule has 1 saturated carbocycles. The van der Waals surface area contributed by atoms with Gasteiger partial charge in [0.05, 0.1) is 12.1 Å². The Kier molecular flexibility index (Phi) is 4.97. The van der Waals surface area contributed by atoms with Gasteiger partial charge in [0.2, 0.25) is 5.91 Å². The molecule has 0 atom stereocenters. The number of nitrogens with zero attached hydrogens (tertiary/aromatic N) is 5. The third kappa shape index (κ3) is 4.27. The van der Waals surface area contributed by atoms with Gasteiger partial charge >= 0.3 is 0 Å². The normalized spacial score (nSPS) is 19.2. The summed E-state index contributed by atoms with van der Waals surface area (Å²) in [4.78, 5) is 14.9. The van der Waals surface area contributed by atoms with E-state index in [0.29, 0.717) is 11.8 Å². The molecular weight excluding hydrogens is 328 g/mol. The van der Waals surface area contributed by atoms with Crippen molar-refractivity contribution >= 4 is 5.91 Å². The molecule has 7 nitrogen and oxygen atoms in total. The van der Waals surface area contributed by atoms with Gasteiger partial charge in [0.25, 0.3) is 0 Å². The van der Waals surface area contributed by atoms with Crippen LogP contribution in [-0.4, -0.2) is 57.2 Å². The smallest absolute Gasteiger partial charge is 0.224 e. The SMILES string of the molecule is O=C(Cc1ccc(-n2cnnn2)cc1)NCC1(CN2CCCCC2)CC1. The van der Waals surface area contributed by atoms with Gasteiger partial charge in [-0.05, 0) is 66.9 Å². The van der Waals surface area contributed by atoms with Crippen molar-refractivity contribution in [3.8, 4) is 5.69 Å². The maximum absolute atomic E-state index is 12.3. The van der Waals surface area contributed by atoms with Crippen molar-refractivity contribution in [3.05, 3.63) is 36.2 Å². The first-order valence-electron chi connectivity index (χ1n) is 9.54. The number of amides is 1. The Bertz CT molecular complexity index is 717. The van der Waals surface area contributed by atoms with Crippen LogP contribution in [0.15, 0.2) is 30.6 Å². The molecule has 1 aromatic heterocycles. The summed E-state index contributed by atoms with van der Waals surface area (Å²) in [5.41, 5.74) is 2.22. The number of benzene rings is 1. The van der Waals surface area contributed by atoms with Crippen LogP contribution >= 0.6 is 0 Å². The number of rotatable bonds is 7. The van der Waals surface area contributed by atoms with Crippen LogP contribution in [0.3, 0.4) is 0 Å². The van der Waals surface area contributed by atoms with Gasteiger partial charge in [0.1, 0.15) is 6.33 Å². The highest BCUT2D eigenvalue weighted by atomic mass is 16.1. The summed E-state index contributed by atoms with van der Waals surface area (Å²) < 4.78 is 1.60. The zero-order valence-corrected chi connectivity index (χ0v) is 15.1. The molecule has 0 bridgehead atoms. The number of carbonyl (C=O) groups excluding carboxylic acids is 1. The van der Waals surface area contributed by atoms with Crippen molar-refractivity contribution in [1.82, 2.24) is 30.4 Å². The lowest BCUT2D eigenvalue weighted by Gasteiger charge is -2.30. The minimum Gasteiger partial charge on any atom is -0.355 e. The van der Waals surface area contributed by atoms with Crippen LogP contribution in [-0.2, 0) is 11.2 Å². The third-order valence-corrected chi connectivity index (χ3v) is 5.54. The number of likely N-dealkylation sites (tertiary alicyclic amines) is 1. The number of nitrogens with one attached hydrogen (secondary N) is 1. The molecule has 138 valence electrons. The zero-order valence-electron chi connectivity index (χ0n) is 15.1. The lowest BCUT2D eigenvalue weighted by atomic mass is 10.0. The van der Waals surface area contributed by atoms with E-state index in [2.05, 4.69) is 25.7 Å². The molecule has 0 unspecified atom stereocenters. The lowest BCUT2D eigenvalue weighted by Crippen LogP contribution is -2.40. The Morgan fingerprint density at radius 2 is 1.88 bits per heavy atom. The third-order valence-electron chi connectivity index (χ3n) is 5.54. The second kappa shape index (κ2) is 7.53. The lowest BCUT2D eigenvalue weighted by molar-refractivity contribution is -0.120. The van der Waals surface area contributed by atoms with Crippen LogP contribution < -0.4 is 5.32 Å². The molecule has 1 aliphatic heterocycles. The maximum Gasteiger partial charge on any atom is 0.224 e. The summed E-state index contributed by atoms with van der Waals surface area (Å²) in [6.45, 7) is 4.41. The van der Waals surface area contributed by atoms with E-state index in [4.69, 9.17) is 0 Å². The van der Waals surface area contributed by atoms with Crippen LogP contribution in [0, 0.1) is 5.41 Å². The minimum absolute atomic E-state index is 0.102. The Labute approximate surface area is 153 Å². The molecule has 2 aliphatic rings. The quantitative estimate of drug-likeness (QED) is 0.817. The topological polar surface area (TPSA) is 75.9 Å².